The third-order valence-electron chi connectivity index (χ3n) is 1.61. The lowest BCUT2D eigenvalue weighted by Crippen LogP contribution is -1.80. The van der Waals surface area contributed by atoms with Crippen LogP contribution < -0.4 is 0 Å². The molecule has 0 saturated heterocycles. The zero-order chi connectivity index (χ0) is 9.68. The number of aldehydes is 1. The molecule has 0 heterocycles. The number of hydrogen-bond donors (Lipinski definition) is 0. The topological polar surface area (TPSA) is 17.1 Å². The van der Waals surface area contributed by atoms with E-state index in [-0.39, 0.29) is 5.82 Å². The maximum atomic E-state index is 12.8. The second-order valence-corrected chi connectivity index (χ2v) is 2.87. The summed E-state index contributed by atoms with van der Waals surface area (Å²) in [5, 5.41) is 0. The van der Waals surface area contributed by atoms with Crippen molar-refractivity contribution in [3.63, 3.8) is 0 Å². The van der Waals surface area contributed by atoms with Crippen LogP contribution in [-0.4, -0.2) is 6.29 Å². The molecule has 0 atom stereocenters. The Morgan fingerprint density at radius 1 is 1.38 bits per heavy atom. The number of carbonyl (C=O) groups is 1. The molecule has 0 aromatic heterocycles. The summed E-state index contributed by atoms with van der Waals surface area (Å²) in [4.78, 5) is 10.0. The number of allylic oxidation sites excluding steroid dienone is 1. The molecule has 1 aromatic rings. The summed E-state index contributed by atoms with van der Waals surface area (Å²) in [5.74, 6) is -0.245. The number of rotatable bonds is 3. The van der Waals surface area contributed by atoms with Crippen molar-refractivity contribution >= 4 is 12.4 Å². The highest BCUT2D eigenvalue weighted by Gasteiger charge is 1.93. The fourth-order valence-corrected chi connectivity index (χ4v) is 1.12. The predicted molar refractivity (Wildman–Crippen MR) is 50.9 cm³/mol. The molecule has 0 saturated carbocycles. The highest BCUT2D eigenvalue weighted by Crippen LogP contribution is 2.09. The standard InChI is InChI=1S/C11H11FO/c1-9-6-10(4-2-3-5-13)8-11(12)7-9/h2,4-8H,3H2,1H3. The van der Waals surface area contributed by atoms with Gasteiger partial charge in [-0.2, -0.15) is 0 Å². The van der Waals surface area contributed by atoms with E-state index in [2.05, 4.69) is 0 Å². The van der Waals surface area contributed by atoms with E-state index >= 15 is 0 Å². The van der Waals surface area contributed by atoms with Crippen LogP contribution in [0.2, 0.25) is 0 Å². The zero-order valence-corrected chi connectivity index (χ0v) is 7.46. The van der Waals surface area contributed by atoms with Crippen LogP contribution >= 0.6 is 0 Å². The Morgan fingerprint density at radius 2 is 2.15 bits per heavy atom. The Labute approximate surface area is 76.9 Å². The summed E-state index contributed by atoms with van der Waals surface area (Å²) < 4.78 is 12.8. The molecule has 0 radical (unpaired) electrons. The number of halogens is 1. The van der Waals surface area contributed by atoms with Crippen molar-refractivity contribution in [3.05, 3.63) is 41.2 Å². The van der Waals surface area contributed by atoms with Crippen molar-refractivity contribution in [2.24, 2.45) is 0 Å². The van der Waals surface area contributed by atoms with Crippen LogP contribution in [0.4, 0.5) is 4.39 Å². The van der Waals surface area contributed by atoms with Gasteiger partial charge in [0.25, 0.3) is 0 Å². The molecule has 0 aliphatic carbocycles. The largest absolute Gasteiger partial charge is 0.303 e. The average Bonchev–Trinajstić information content (AvgIpc) is 2.03. The van der Waals surface area contributed by atoms with Gasteiger partial charge in [-0.1, -0.05) is 18.2 Å². The molecule has 2 heteroatoms. The van der Waals surface area contributed by atoms with Crippen LogP contribution in [0.15, 0.2) is 24.3 Å². The first kappa shape index (κ1) is 9.65. The maximum Gasteiger partial charge on any atom is 0.124 e. The Kier molecular flexibility index (Phi) is 3.38. The summed E-state index contributed by atoms with van der Waals surface area (Å²) in [7, 11) is 0. The molecule has 0 N–H and O–H groups in total. The van der Waals surface area contributed by atoms with Crippen molar-refractivity contribution in [3.8, 4) is 0 Å². The highest BCUT2D eigenvalue weighted by molar-refractivity contribution is 5.58. The van der Waals surface area contributed by atoms with Gasteiger partial charge in [-0.25, -0.2) is 4.39 Å². The van der Waals surface area contributed by atoms with Crippen molar-refractivity contribution in [1.82, 2.24) is 0 Å². The van der Waals surface area contributed by atoms with Crippen LogP contribution in [0.1, 0.15) is 17.5 Å². The van der Waals surface area contributed by atoms with Gasteiger partial charge in [0.05, 0.1) is 0 Å². The van der Waals surface area contributed by atoms with Gasteiger partial charge in [0.1, 0.15) is 12.1 Å². The molecule has 13 heavy (non-hydrogen) atoms. The Morgan fingerprint density at radius 3 is 2.77 bits per heavy atom. The van der Waals surface area contributed by atoms with E-state index in [1.165, 1.54) is 12.1 Å². The Bertz CT molecular complexity index is 309. The Hall–Kier alpha value is -1.44. The van der Waals surface area contributed by atoms with Gasteiger partial charge in [0, 0.05) is 6.42 Å². The fourth-order valence-electron chi connectivity index (χ4n) is 1.12. The van der Waals surface area contributed by atoms with Crippen LogP contribution in [-0.2, 0) is 4.79 Å². The van der Waals surface area contributed by atoms with E-state index in [4.69, 9.17) is 0 Å². The molecule has 0 bridgehead atoms. The maximum absolute atomic E-state index is 12.8. The van der Waals surface area contributed by atoms with E-state index in [1.807, 2.05) is 13.0 Å². The van der Waals surface area contributed by atoms with E-state index in [0.717, 1.165) is 17.4 Å². The van der Waals surface area contributed by atoms with Crippen molar-refractivity contribution in [2.75, 3.05) is 0 Å². The first-order valence-electron chi connectivity index (χ1n) is 4.10. The van der Waals surface area contributed by atoms with Gasteiger partial charge in [-0.15, -0.1) is 0 Å². The van der Waals surface area contributed by atoms with Crippen molar-refractivity contribution in [1.29, 1.82) is 0 Å². The van der Waals surface area contributed by atoms with E-state index in [0.29, 0.717) is 6.42 Å². The summed E-state index contributed by atoms with van der Waals surface area (Å²) in [6.45, 7) is 1.83. The summed E-state index contributed by atoms with van der Waals surface area (Å²) >= 11 is 0. The molecule has 68 valence electrons. The summed E-state index contributed by atoms with van der Waals surface area (Å²) in [6.07, 6.45) is 4.63. The van der Waals surface area contributed by atoms with Crippen LogP contribution in [0.5, 0.6) is 0 Å². The SMILES string of the molecule is Cc1cc(F)cc(C=CCC=O)c1. The van der Waals surface area contributed by atoms with Crippen LogP contribution in [0, 0.1) is 12.7 Å². The van der Waals surface area contributed by atoms with Crippen molar-refractivity contribution < 1.29 is 9.18 Å². The molecule has 1 rings (SSSR count). The van der Waals surface area contributed by atoms with Gasteiger partial charge < -0.3 is 4.79 Å². The molecule has 0 spiro atoms. The summed E-state index contributed by atoms with van der Waals surface area (Å²) in [5.41, 5.74) is 1.67. The van der Waals surface area contributed by atoms with Gasteiger partial charge in [0.2, 0.25) is 0 Å². The molecular weight excluding hydrogens is 167 g/mol. The molecule has 1 nitrogen and oxygen atoms in total. The van der Waals surface area contributed by atoms with Gasteiger partial charge in [-0.05, 0) is 30.2 Å². The normalized spacial score (nSPS) is 10.6. The lowest BCUT2D eigenvalue weighted by atomic mass is 10.1. The zero-order valence-electron chi connectivity index (χ0n) is 7.46. The van der Waals surface area contributed by atoms with Crippen LogP contribution in [0.25, 0.3) is 6.08 Å². The highest BCUT2D eigenvalue weighted by atomic mass is 19.1. The average molecular weight is 178 g/mol. The number of aryl methyl sites for hydroxylation is 1. The quantitative estimate of drug-likeness (QED) is 0.650. The third kappa shape index (κ3) is 3.20. The number of hydrogen-bond acceptors (Lipinski definition) is 1. The third-order valence-corrected chi connectivity index (χ3v) is 1.61. The molecule has 0 fully saturated rings. The van der Waals surface area contributed by atoms with Crippen molar-refractivity contribution in [2.45, 2.75) is 13.3 Å². The Balaban J connectivity index is 2.82. The molecule has 0 amide bonds. The van der Waals surface area contributed by atoms with Gasteiger partial charge in [0.15, 0.2) is 0 Å². The molecule has 0 unspecified atom stereocenters. The van der Waals surface area contributed by atoms with E-state index in [1.54, 1.807) is 12.2 Å². The minimum Gasteiger partial charge on any atom is -0.303 e. The summed E-state index contributed by atoms with van der Waals surface area (Å²) in [6, 6.07) is 4.77. The predicted octanol–water partition coefficient (Wildman–Crippen LogP) is 2.74. The van der Waals surface area contributed by atoms with Gasteiger partial charge in [-0.3, -0.25) is 0 Å². The lowest BCUT2D eigenvalue weighted by Gasteiger charge is -1.96. The smallest absolute Gasteiger partial charge is 0.124 e. The second-order valence-electron chi connectivity index (χ2n) is 2.87. The minimum absolute atomic E-state index is 0.245. The fraction of sp³-hybridized carbons (Fsp3) is 0.182. The molecule has 1 aromatic carbocycles. The molecule has 0 aliphatic heterocycles. The first-order valence-corrected chi connectivity index (χ1v) is 4.10. The second kappa shape index (κ2) is 4.55. The van der Waals surface area contributed by atoms with E-state index in [9.17, 15) is 9.18 Å². The van der Waals surface area contributed by atoms with Crippen LogP contribution in [0.3, 0.4) is 0 Å². The minimum atomic E-state index is -0.245. The first-order chi connectivity index (χ1) is 6.22. The number of carbonyl (C=O) groups excluding carboxylic acids is 1. The monoisotopic (exact) mass is 178 g/mol. The van der Waals surface area contributed by atoms with Gasteiger partial charge >= 0.3 is 0 Å². The molecular formula is C11H11FO. The molecule has 0 aliphatic rings. The number of benzene rings is 1. The lowest BCUT2D eigenvalue weighted by molar-refractivity contribution is -0.107. The van der Waals surface area contributed by atoms with E-state index < -0.39 is 0 Å².